The number of rotatable bonds is 6. The van der Waals surface area contributed by atoms with Crippen molar-refractivity contribution in [1.82, 2.24) is 10.2 Å². The summed E-state index contributed by atoms with van der Waals surface area (Å²) in [7, 11) is 6.68. The Bertz CT molecular complexity index is 1410. The third-order valence-corrected chi connectivity index (χ3v) is 8.45. The van der Waals surface area contributed by atoms with Crippen molar-refractivity contribution < 1.29 is 39.9 Å². The van der Waals surface area contributed by atoms with Gasteiger partial charge >= 0.3 is 0 Å². The van der Waals surface area contributed by atoms with E-state index >= 15 is 0 Å². The minimum atomic E-state index is -2.53. The second-order valence-electron chi connectivity index (χ2n) is 12.8. The molecule has 1 unspecified atom stereocenters. The monoisotopic (exact) mass is 587 g/mol. The number of phenolic OH excluding ortho intramolecular Hbond substituents is 1. The van der Waals surface area contributed by atoms with E-state index in [1.165, 1.54) is 4.90 Å². The maximum absolute atomic E-state index is 13.3. The van der Waals surface area contributed by atoms with E-state index in [1.54, 1.807) is 39.2 Å². The zero-order chi connectivity index (χ0) is 31.6. The highest BCUT2D eigenvalue weighted by Crippen LogP contribution is 2.56. The molecule has 1 fully saturated rings. The molecule has 5 atom stereocenters. The number of aliphatic hydroxyl groups is 4. The summed E-state index contributed by atoms with van der Waals surface area (Å²) in [5, 5.41) is 63.2. The highest BCUT2D eigenvalue weighted by Gasteiger charge is 2.64. The van der Waals surface area contributed by atoms with Crippen LogP contribution >= 0.6 is 0 Å². The normalized spacial score (nSPS) is 27.4. The number of carbonyl (C=O) groups is 3. The minimum absolute atomic E-state index is 0.0281. The standard InChI is InChI=1S/C29H41N5O8/c1-28(2,3)31-11-17(35)32-15-10-16(33(4)5)13-8-12-9-14-21(34(6)7)24(38)20(27(30)41)26(40)29(14,42)25(39)18(12)23(37)19(13)22(15)36/h10,12,14,21,25,31,36-37,39-40,42H,8-9,11H2,1-7H3,(H2,30,41)(H,32,35)/t12-,14-,21-,25?,29-/m0/s1. The highest BCUT2D eigenvalue weighted by molar-refractivity contribution is 6.22. The molecule has 1 aromatic carbocycles. The fraction of sp³-hybridized carbons (Fsp3) is 0.552. The van der Waals surface area contributed by atoms with Crippen molar-refractivity contribution in [3.8, 4) is 5.75 Å². The van der Waals surface area contributed by atoms with Gasteiger partial charge in [0, 0.05) is 36.8 Å². The number of aliphatic hydroxyl groups excluding tert-OH is 3. The predicted molar refractivity (Wildman–Crippen MR) is 156 cm³/mol. The van der Waals surface area contributed by atoms with Crippen LogP contribution in [0.15, 0.2) is 23.0 Å². The van der Waals surface area contributed by atoms with Gasteiger partial charge in [-0.2, -0.15) is 0 Å². The van der Waals surface area contributed by atoms with Crippen LogP contribution in [0, 0.1) is 11.8 Å². The Morgan fingerprint density at radius 1 is 1.14 bits per heavy atom. The third-order valence-electron chi connectivity index (χ3n) is 8.45. The van der Waals surface area contributed by atoms with Crippen molar-refractivity contribution in [1.29, 1.82) is 0 Å². The quantitative estimate of drug-likeness (QED) is 0.166. The summed E-state index contributed by atoms with van der Waals surface area (Å²) < 4.78 is 0. The molecule has 0 aliphatic heterocycles. The summed E-state index contributed by atoms with van der Waals surface area (Å²) >= 11 is 0. The Morgan fingerprint density at radius 3 is 2.29 bits per heavy atom. The number of hydrogen-bond donors (Lipinski definition) is 8. The summed E-state index contributed by atoms with van der Waals surface area (Å²) in [6.07, 6.45) is -1.72. The van der Waals surface area contributed by atoms with Crippen LogP contribution in [0.1, 0.15) is 38.3 Å². The van der Waals surface area contributed by atoms with Gasteiger partial charge in [-0.05, 0) is 65.3 Å². The fourth-order valence-corrected chi connectivity index (χ4v) is 6.53. The van der Waals surface area contributed by atoms with E-state index in [-0.39, 0.29) is 41.7 Å². The molecule has 1 aromatic rings. The molecule has 42 heavy (non-hydrogen) atoms. The first-order valence-corrected chi connectivity index (χ1v) is 13.7. The van der Waals surface area contributed by atoms with Crippen LogP contribution in [0.5, 0.6) is 5.75 Å². The van der Waals surface area contributed by atoms with E-state index < -0.39 is 70.0 Å². The van der Waals surface area contributed by atoms with Gasteiger partial charge in [0.1, 0.15) is 28.9 Å². The van der Waals surface area contributed by atoms with Crippen molar-refractivity contribution in [2.24, 2.45) is 17.6 Å². The summed E-state index contributed by atoms with van der Waals surface area (Å²) in [5.74, 6) is -6.15. The van der Waals surface area contributed by atoms with E-state index in [4.69, 9.17) is 5.73 Å². The fourth-order valence-electron chi connectivity index (χ4n) is 6.53. The molecule has 0 saturated heterocycles. The molecule has 1 saturated carbocycles. The Kier molecular flexibility index (Phi) is 7.87. The van der Waals surface area contributed by atoms with Crippen LogP contribution in [0.25, 0.3) is 5.76 Å². The Labute approximate surface area is 244 Å². The molecule has 13 heteroatoms. The van der Waals surface area contributed by atoms with Crippen LogP contribution in [-0.4, -0.2) is 106 Å². The number of nitrogens with zero attached hydrogens (tertiary/aromatic N) is 2. The van der Waals surface area contributed by atoms with Crippen LogP contribution in [0.4, 0.5) is 11.4 Å². The van der Waals surface area contributed by atoms with E-state index in [0.717, 1.165) is 0 Å². The zero-order valence-corrected chi connectivity index (χ0v) is 24.9. The summed E-state index contributed by atoms with van der Waals surface area (Å²) in [6.45, 7) is 5.66. The van der Waals surface area contributed by atoms with Crippen LogP contribution in [0.2, 0.25) is 0 Å². The number of aromatic hydroxyl groups is 1. The number of phenols is 1. The number of hydrogen-bond acceptors (Lipinski definition) is 11. The number of primary amides is 1. The number of nitrogens with two attached hydrogens (primary N) is 1. The maximum Gasteiger partial charge on any atom is 0.255 e. The molecular weight excluding hydrogens is 546 g/mol. The molecule has 0 bridgehead atoms. The van der Waals surface area contributed by atoms with Gasteiger partial charge in [0.25, 0.3) is 5.91 Å². The van der Waals surface area contributed by atoms with Crippen molar-refractivity contribution in [2.45, 2.75) is 56.9 Å². The number of amides is 2. The average molecular weight is 588 g/mol. The number of carbonyl (C=O) groups excluding carboxylic acids is 3. The van der Waals surface area contributed by atoms with Crippen molar-refractivity contribution in [2.75, 3.05) is 45.0 Å². The molecule has 4 rings (SSSR count). The first-order valence-electron chi connectivity index (χ1n) is 13.7. The Morgan fingerprint density at radius 2 is 1.76 bits per heavy atom. The molecule has 0 radical (unpaired) electrons. The number of fused-ring (bicyclic) bond motifs is 3. The van der Waals surface area contributed by atoms with Gasteiger partial charge in [-0.1, -0.05) is 0 Å². The minimum Gasteiger partial charge on any atom is -0.508 e. The molecule has 13 nitrogen and oxygen atoms in total. The van der Waals surface area contributed by atoms with Crippen molar-refractivity contribution >= 4 is 34.7 Å². The van der Waals surface area contributed by atoms with E-state index in [9.17, 15) is 39.9 Å². The summed E-state index contributed by atoms with van der Waals surface area (Å²) in [5.41, 5.74) is 2.76. The van der Waals surface area contributed by atoms with Crippen molar-refractivity contribution in [3.63, 3.8) is 0 Å². The SMILES string of the molecule is CN(C)c1cc(NC(=O)CNC(C)(C)C)c(O)c2c1C[C@H]1C[C@H]3[C@H](N(C)C)C(=O)C(C(N)=O)=C(O)[C@@]3(O)C(O)C1=C2O. The van der Waals surface area contributed by atoms with Crippen LogP contribution in [0.3, 0.4) is 0 Å². The topological polar surface area (TPSA) is 209 Å². The number of nitrogens with one attached hydrogen (secondary N) is 2. The largest absolute Gasteiger partial charge is 0.508 e. The van der Waals surface area contributed by atoms with Crippen molar-refractivity contribution in [3.05, 3.63) is 34.1 Å². The molecule has 0 heterocycles. The lowest BCUT2D eigenvalue weighted by molar-refractivity contribution is -0.157. The zero-order valence-electron chi connectivity index (χ0n) is 24.9. The van der Waals surface area contributed by atoms with E-state index in [0.29, 0.717) is 11.3 Å². The van der Waals surface area contributed by atoms with E-state index in [2.05, 4.69) is 10.6 Å². The lowest BCUT2D eigenvalue weighted by Crippen LogP contribution is -2.67. The molecule has 230 valence electrons. The van der Waals surface area contributed by atoms with E-state index in [1.807, 2.05) is 20.8 Å². The average Bonchev–Trinajstić information content (AvgIpc) is 2.85. The van der Waals surface area contributed by atoms with Gasteiger partial charge < -0.3 is 46.8 Å². The van der Waals surface area contributed by atoms with Gasteiger partial charge in [0.05, 0.1) is 23.8 Å². The highest BCUT2D eigenvalue weighted by atomic mass is 16.4. The van der Waals surface area contributed by atoms with Gasteiger partial charge in [-0.25, -0.2) is 0 Å². The molecule has 0 aromatic heterocycles. The predicted octanol–water partition coefficient (Wildman–Crippen LogP) is 0.148. The number of benzene rings is 1. The molecule has 2 amide bonds. The Balaban J connectivity index is 1.88. The van der Waals surface area contributed by atoms with Gasteiger partial charge in [-0.15, -0.1) is 0 Å². The smallest absolute Gasteiger partial charge is 0.255 e. The van der Waals surface area contributed by atoms with Crippen LogP contribution < -0.4 is 21.3 Å². The first kappa shape index (κ1) is 31.3. The Hall–Kier alpha value is -3.65. The molecule has 9 N–H and O–H groups in total. The van der Waals surface area contributed by atoms with Gasteiger partial charge in [0.15, 0.2) is 11.4 Å². The summed E-state index contributed by atoms with van der Waals surface area (Å²) in [6, 6.07) is 0.492. The second kappa shape index (κ2) is 10.6. The number of Topliss-reactive ketones (excluding diaryl/α,β-unsaturated/α-hetero) is 1. The van der Waals surface area contributed by atoms with Gasteiger partial charge in [-0.3, -0.25) is 19.3 Å². The summed E-state index contributed by atoms with van der Waals surface area (Å²) in [4.78, 5) is 41.4. The lowest BCUT2D eigenvalue weighted by atomic mass is 9.56. The third kappa shape index (κ3) is 4.89. The maximum atomic E-state index is 13.3. The molecular formula is C29H41N5O8. The molecule has 3 aliphatic carbocycles. The first-order chi connectivity index (χ1) is 19.3. The van der Waals surface area contributed by atoms with Gasteiger partial charge in [0.2, 0.25) is 5.91 Å². The number of anilines is 2. The lowest BCUT2D eigenvalue weighted by Gasteiger charge is -2.54. The number of likely N-dealkylation sites (N-methyl/N-ethyl adjacent to an activating group) is 1. The number of ketones is 1. The molecule has 0 spiro atoms. The van der Waals surface area contributed by atoms with Crippen LogP contribution in [-0.2, 0) is 20.8 Å². The second-order valence-corrected chi connectivity index (χ2v) is 12.8. The molecule has 3 aliphatic rings.